The summed E-state index contributed by atoms with van der Waals surface area (Å²) in [5, 5.41) is 0. The van der Waals surface area contributed by atoms with E-state index in [1.807, 2.05) is 12.1 Å². The maximum absolute atomic E-state index is 12.6. The minimum absolute atomic E-state index is 0.479. The van der Waals surface area contributed by atoms with E-state index in [1.165, 1.54) is 5.57 Å². The van der Waals surface area contributed by atoms with E-state index in [4.69, 9.17) is 0 Å². The van der Waals surface area contributed by atoms with Crippen molar-refractivity contribution in [3.63, 3.8) is 0 Å². The Morgan fingerprint density at radius 2 is 2.05 bits per heavy atom. The highest BCUT2D eigenvalue weighted by Crippen LogP contribution is 2.46. The zero-order valence-corrected chi connectivity index (χ0v) is 12.2. The Morgan fingerprint density at radius 1 is 1.32 bits per heavy atom. The van der Waals surface area contributed by atoms with Crippen molar-refractivity contribution in [1.82, 2.24) is 4.31 Å². The van der Waals surface area contributed by atoms with E-state index in [0.29, 0.717) is 17.4 Å². The van der Waals surface area contributed by atoms with Gasteiger partial charge in [0.25, 0.3) is 10.0 Å². The number of hydrogen-bond donors (Lipinski definition) is 0. The second-order valence-corrected chi connectivity index (χ2v) is 7.22. The van der Waals surface area contributed by atoms with Crippen LogP contribution in [-0.4, -0.2) is 19.3 Å². The summed E-state index contributed by atoms with van der Waals surface area (Å²) in [5.74, 6) is 0.479. The monoisotopic (exact) mass is 277 g/mol. The first-order chi connectivity index (χ1) is 9.07. The highest BCUT2D eigenvalue weighted by atomic mass is 32.2. The van der Waals surface area contributed by atoms with Crippen molar-refractivity contribution in [1.29, 1.82) is 0 Å². The van der Waals surface area contributed by atoms with Crippen LogP contribution in [0.15, 0.2) is 34.7 Å². The van der Waals surface area contributed by atoms with Crippen LogP contribution in [0.2, 0.25) is 0 Å². The molecule has 0 spiro atoms. The number of benzene rings is 1. The van der Waals surface area contributed by atoms with Crippen molar-refractivity contribution in [2.75, 3.05) is 6.54 Å². The maximum Gasteiger partial charge on any atom is 0.265 e. The van der Waals surface area contributed by atoms with E-state index in [2.05, 4.69) is 13.8 Å². The molecule has 0 fully saturated rings. The number of fused-ring (bicyclic) bond motifs is 3. The molecule has 0 unspecified atom stereocenters. The van der Waals surface area contributed by atoms with E-state index < -0.39 is 10.0 Å². The van der Waals surface area contributed by atoms with Gasteiger partial charge in [0.05, 0.1) is 10.6 Å². The number of sulfonamides is 1. The van der Waals surface area contributed by atoms with Crippen LogP contribution < -0.4 is 0 Å². The molecule has 1 aromatic carbocycles. The van der Waals surface area contributed by atoms with Crippen molar-refractivity contribution in [3.05, 3.63) is 35.4 Å². The summed E-state index contributed by atoms with van der Waals surface area (Å²) in [5.41, 5.74) is 3.18. The third-order valence-electron chi connectivity index (χ3n) is 4.14. The smallest absolute Gasteiger partial charge is 0.265 e. The minimum Gasteiger partial charge on any atom is -0.266 e. The SMILES string of the molecule is CCCC1=C2c3ccccc3S(=O)(=O)N2CC[C@H]1C. The van der Waals surface area contributed by atoms with Crippen molar-refractivity contribution in [2.45, 2.75) is 38.0 Å². The summed E-state index contributed by atoms with van der Waals surface area (Å²) < 4.78 is 26.8. The topological polar surface area (TPSA) is 37.4 Å². The van der Waals surface area contributed by atoms with E-state index in [-0.39, 0.29) is 0 Å². The molecule has 4 heteroatoms. The van der Waals surface area contributed by atoms with E-state index >= 15 is 0 Å². The van der Waals surface area contributed by atoms with Gasteiger partial charge in [-0.1, -0.05) is 38.5 Å². The number of nitrogens with zero attached hydrogens (tertiary/aromatic N) is 1. The molecule has 0 amide bonds. The van der Waals surface area contributed by atoms with Crippen LogP contribution in [0.25, 0.3) is 5.70 Å². The largest absolute Gasteiger partial charge is 0.266 e. The van der Waals surface area contributed by atoms with E-state index in [0.717, 1.165) is 30.5 Å². The van der Waals surface area contributed by atoms with Gasteiger partial charge >= 0.3 is 0 Å². The molecule has 0 saturated carbocycles. The Hall–Kier alpha value is -1.29. The predicted molar refractivity (Wildman–Crippen MR) is 75.9 cm³/mol. The highest BCUT2D eigenvalue weighted by molar-refractivity contribution is 7.90. The van der Waals surface area contributed by atoms with Crippen LogP contribution in [0.3, 0.4) is 0 Å². The number of allylic oxidation sites excluding steroid dienone is 1. The van der Waals surface area contributed by atoms with Crippen LogP contribution in [-0.2, 0) is 10.0 Å². The second-order valence-electron chi connectivity index (χ2n) is 5.39. The van der Waals surface area contributed by atoms with Gasteiger partial charge in [0.1, 0.15) is 0 Å². The molecule has 0 aliphatic carbocycles. The third-order valence-corrected chi connectivity index (χ3v) is 6.00. The molecule has 0 saturated heterocycles. The molecule has 1 aromatic rings. The Bertz CT molecular complexity index is 646. The summed E-state index contributed by atoms with van der Waals surface area (Å²) >= 11 is 0. The first kappa shape index (κ1) is 12.7. The molecule has 2 heterocycles. The zero-order valence-electron chi connectivity index (χ0n) is 11.4. The second kappa shape index (κ2) is 4.37. The van der Waals surface area contributed by atoms with Gasteiger partial charge in [-0.05, 0) is 30.4 Å². The molecule has 0 aromatic heterocycles. The van der Waals surface area contributed by atoms with Gasteiger partial charge in [0.15, 0.2) is 0 Å². The Labute approximate surface area is 115 Å². The summed E-state index contributed by atoms with van der Waals surface area (Å²) in [6.45, 7) is 4.97. The fraction of sp³-hybridized carbons (Fsp3) is 0.467. The first-order valence-electron chi connectivity index (χ1n) is 6.92. The number of hydrogen-bond acceptors (Lipinski definition) is 2. The normalized spacial score (nSPS) is 24.3. The Balaban J connectivity index is 2.29. The predicted octanol–water partition coefficient (Wildman–Crippen LogP) is 3.24. The van der Waals surface area contributed by atoms with Gasteiger partial charge in [-0.3, -0.25) is 4.31 Å². The molecular weight excluding hydrogens is 258 g/mol. The van der Waals surface area contributed by atoms with E-state index in [9.17, 15) is 8.42 Å². The van der Waals surface area contributed by atoms with Crippen molar-refractivity contribution >= 4 is 15.7 Å². The summed E-state index contributed by atoms with van der Waals surface area (Å²) in [6, 6.07) is 7.39. The van der Waals surface area contributed by atoms with Gasteiger partial charge in [-0.2, -0.15) is 0 Å². The van der Waals surface area contributed by atoms with Gasteiger partial charge in [-0.15, -0.1) is 0 Å². The van der Waals surface area contributed by atoms with Crippen LogP contribution in [0.4, 0.5) is 0 Å². The maximum atomic E-state index is 12.6. The summed E-state index contributed by atoms with van der Waals surface area (Å²) in [4.78, 5) is 0.479. The molecule has 0 radical (unpaired) electrons. The molecule has 19 heavy (non-hydrogen) atoms. The lowest BCUT2D eigenvalue weighted by molar-refractivity contribution is 0.441. The first-order valence-corrected chi connectivity index (χ1v) is 8.36. The van der Waals surface area contributed by atoms with Gasteiger partial charge in [-0.25, -0.2) is 8.42 Å². The van der Waals surface area contributed by atoms with Gasteiger partial charge < -0.3 is 0 Å². The molecule has 3 nitrogen and oxygen atoms in total. The minimum atomic E-state index is -3.31. The van der Waals surface area contributed by atoms with E-state index in [1.54, 1.807) is 16.4 Å². The Morgan fingerprint density at radius 3 is 2.79 bits per heavy atom. The molecular formula is C15H19NO2S. The highest BCUT2D eigenvalue weighted by Gasteiger charge is 2.41. The lowest BCUT2D eigenvalue weighted by Crippen LogP contribution is -2.31. The molecule has 1 atom stereocenters. The summed E-state index contributed by atoms with van der Waals surface area (Å²) in [6.07, 6.45) is 2.96. The van der Waals surface area contributed by atoms with Crippen molar-refractivity contribution < 1.29 is 8.42 Å². The quantitative estimate of drug-likeness (QED) is 0.832. The fourth-order valence-electron chi connectivity index (χ4n) is 3.18. The standard InChI is InChI=1S/C15H19NO2S/c1-3-6-12-11(2)9-10-16-15(12)13-7-4-5-8-14(13)19(16,17)18/h4-5,7-8,11H,3,6,9-10H2,1-2H3/t11-/m1/s1. The third kappa shape index (κ3) is 1.73. The van der Waals surface area contributed by atoms with Crippen LogP contribution in [0.5, 0.6) is 0 Å². The molecule has 3 rings (SSSR count). The van der Waals surface area contributed by atoms with Crippen molar-refractivity contribution in [3.8, 4) is 0 Å². The van der Waals surface area contributed by atoms with Gasteiger partial charge in [0.2, 0.25) is 0 Å². The van der Waals surface area contributed by atoms with Crippen LogP contribution in [0.1, 0.15) is 38.7 Å². The van der Waals surface area contributed by atoms with Crippen LogP contribution in [0, 0.1) is 5.92 Å². The van der Waals surface area contributed by atoms with Crippen LogP contribution >= 0.6 is 0 Å². The fourth-order valence-corrected chi connectivity index (χ4v) is 4.91. The molecule has 0 N–H and O–H groups in total. The lowest BCUT2D eigenvalue weighted by Gasteiger charge is -2.31. The lowest BCUT2D eigenvalue weighted by atomic mass is 9.87. The molecule has 2 aliphatic heterocycles. The average molecular weight is 277 g/mol. The molecule has 2 aliphatic rings. The van der Waals surface area contributed by atoms with Gasteiger partial charge in [0, 0.05) is 12.1 Å². The zero-order chi connectivity index (χ0) is 13.6. The van der Waals surface area contributed by atoms with Crippen molar-refractivity contribution in [2.24, 2.45) is 5.92 Å². The molecule has 0 bridgehead atoms. The number of rotatable bonds is 2. The summed E-state index contributed by atoms with van der Waals surface area (Å²) in [7, 11) is -3.31. The molecule has 102 valence electrons. The average Bonchev–Trinajstić information content (AvgIpc) is 2.63. The Kier molecular flexibility index (Phi) is 2.93.